The van der Waals surface area contributed by atoms with Crippen LogP contribution in [0.1, 0.15) is 12.2 Å². The highest BCUT2D eigenvalue weighted by Crippen LogP contribution is 2.17. The maximum Gasteiger partial charge on any atom is 0.300 e. The molecule has 2 aromatic heterocycles. The van der Waals surface area contributed by atoms with Crippen LogP contribution in [-0.2, 0) is 11.2 Å². The number of aryl methyl sites for hydroxylation is 1. The third kappa shape index (κ3) is 4.24. The highest BCUT2D eigenvalue weighted by Gasteiger charge is 2.22. The van der Waals surface area contributed by atoms with Gasteiger partial charge in [-0.1, -0.05) is 18.2 Å². The molecule has 4 aromatic rings. The first-order chi connectivity index (χ1) is 16.6. The summed E-state index contributed by atoms with van der Waals surface area (Å²) in [6, 6.07) is 17.5. The number of piperazine rings is 1. The van der Waals surface area contributed by atoms with Crippen LogP contribution in [0.2, 0.25) is 0 Å². The molecular weight excluding hydrogens is 432 g/mol. The third-order valence-corrected chi connectivity index (χ3v) is 6.21. The summed E-state index contributed by atoms with van der Waals surface area (Å²) in [5.74, 6) is 1.41. The number of fused-ring (bicyclic) bond motifs is 1. The minimum atomic E-state index is -0.269. The number of hydrogen-bond acceptors (Lipinski definition) is 6. The number of para-hydroxylation sites is 1. The minimum absolute atomic E-state index is 0.0936. The van der Waals surface area contributed by atoms with Crippen molar-refractivity contribution in [2.45, 2.75) is 12.8 Å². The number of hydrogen-bond donors (Lipinski definition) is 0. The van der Waals surface area contributed by atoms with E-state index in [0.717, 1.165) is 13.1 Å². The van der Waals surface area contributed by atoms with Crippen LogP contribution in [0, 0.1) is 0 Å². The topological polar surface area (TPSA) is 85.0 Å². The molecule has 9 nitrogen and oxygen atoms in total. The number of anilines is 1. The zero-order chi connectivity index (χ0) is 23.5. The fourth-order valence-electron chi connectivity index (χ4n) is 4.28. The average molecular weight is 459 g/mol. The van der Waals surface area contributed by atoms with Gasteiger partial charge in [-0.15, -0.1) is 10.2 Å². The molecule has 0 aliphatic carbocycles. The van der Waals surface area contributed by atoms with E-state index in [-0.39, 0.29) is 17.1 Å². The van der Waals surface area contributed by atoms with Gasteiger partial charge in [-0.2, -0.15) is 0 Å². The molecule has 174 valence electrons. The van der Waals surface area contributed by atoms with Crippen LogP contribution in [0.4, 0.5) is 5.69 Å². The van der Waals surface area contributed by atoms with Gasteiger partial charge in [0.25, 0.3) is 0 Å². The van der Waals surface area contributed by atoms with Gasteiger partial charge in [0, 0.05) is 62.8 Å². The first kappa shape index (κ1) is 21.7. The van der Waals surface area contributed by atoms with Crippen LogP contribution in [0.5, 0.6) is 5.75 Å². The predicted octanol–water partition coefficient (Wildman–Crippen LogP) is 2.17. The molecule has 1 fully saturated rings. The van der Waals surface area contributed by atoms with E-state index in [2.05, 4.69) is 27.2 Å². The largest absolute Gasteiger partial charge is 0.497 e. The number of methoxy groups -OCH3 is 1. The number of carbonyl (C=O) groups excluding carboxylic acids is 1. The van der Waals surface area contributed by atoms with Gasteiger partial charge in [0.05, 0.1) is 7.11 Å². The Kier molecular flexibility index (Phi) is 5.99. The Morgan fingerprint density at radius 3 is 2.35 bits per heavy atom. The second-order valence-corrected chi connectivity index (χ2v) is 8.18. The van der Waals surface area contributed by atoms with Crippen LogP contribution >= 0.6 is 0 Å². The van der Waals surface area contributed by atoms with Gasteiger partial charge in [0.15, 0.2) is 0 Å². The van der Waals surface area contributed by atoms with E-state index in [1.54, 1.807) is 36.0 Å². The van der Waals surface area contributed by atoms with E-state index >= 15 is 0 Å². The molecule has 1 aliphatic rings. The Labute approximate surface area is 196 Å². The molecule has 5 rings (SSSR count). The van der Waals surface area contributed by atoms with Gasteiger partial charge >= 0.3 is 5.56 Å². The first-order valence-corrected chi connectivity index (χ1v) is 11.3. The Hall–Kier alpha value is -4.14. The Morgan fingerprint density at radius 1 is 0.912 bits per heavy atom. The van der Waals surface area contributed by atoms with Crippen LogP contribution in [0.25, 0.3) is 11.3 Å². The lowest BCUT2D eigenvalue weighted by atomic mass is 10.2. The summed E-state index contributed by atoms with van der Waals surface area (Å²) in [5.41, 5.74) is 1.86. The van der Waals surface area contributed by atoms with Gasteiger partial charge < -0.3 is 14.5 Å². The molecule has 0 saturated carbocycles. The van der Waals surface area contributed by atoms with E-state index in [1.165, 1.54) is 10.3 Å². The van der Waals surface area contributed by atoms with E-state index in [0.29, 0.717) is 43.2 Å². The summed E-state index contributed by atoms with van der Waals surface area (Å²) in [6.45, 7) is 3.02. The van der Waals surface area contributed by atoms with E-state index < -0.39 is 0 Å². The molecule has 3 heterocycles. The molecule has 0 radical (unpaired) electrons. The number of carbonyl (C=O) groups is 1. The zero-order valence-electron chi connectivity index (χ0n) is 19.0. The summed E-state index contributed by atoms with van der Waals surface area (Å²) in [7, 11) is 1.60. The summed E-state index contributed by atoms with van der Waals surface area (Å²) >= 11 is 0. The van der Waals surface area contributed by atoms with Crippen molar-refractivity contribution in [3.05, 3.63) is 83.2 Å². The SMILES string of the molecule is COc1ccc(-n2ccn3c(CCC(=O)N4CCN(c5ccccc5)CC4)nnc3c2=O)cc1. The van der Waals surface area contributed by atoms with Gasteiger partial charge in [-0.05, 0) is 36.4 Å². The van der Waals surface area contributed by atoms with Crippen molar-refractivity contribution in [1.29, 1.82) is 0 Å². The van der Waals surface area contributed by atoms with Crippen LogP contribution in [0.15, 0.2) is 71.8 Å². The number of aromatic nitrogens is 4. The highest BCUT2D eigenvalue weighted by atomic mass is 16.5. The molecule has 0 atom stereocenters. The van der Waals surface area contributed by atoms with Crippen LogP contribution < -0.4 is 15.2 Å². The van der Waals surface area contributed by atoms with Gasteiger partial charge in [-0.25, -0.2) is 0 Å². The summed E-state index contributed by atoms with van der Waals surface area (Å²) < 4.78 is 8.37. The van der Waals surface area contributed by atoms with E-state index in [1.807, 2.05) is 35.2 Å². The minimum Gasteiger partial charge on any atom is -0.497 e. The molecular formula is C25H26N6O3. The van der Waals surface area contributed by atoms with Crippen LogP contribution in [-0.4, -0.2) is 63.3 Å². The molecule has 1 aliphatic heterocycles. The molecule has 1 saturated heterocycles. The molecule has 2 aromatic carbocycles. The van der Waals surface area contributed by atoms with Crippen molar-refractivity contribution in [2.75, 3.05) is 38.2 Å². The maximum atomic E-state index is 13.0. The molecule has 0 unspecified atom stereocenters. The number of benzene rings is 2. The van der Waals surface area contributed by atoms with Crippen molar-refractivity contribution in [3.8, 4) is 11.4 Å². The Morgan fingerprint density at radius 2 is 1.65 bits per heavy atom. The fraction of sp³-hybridized carbons (Fsp3) is 0.280. The predicted molar refractivity (Wildman–Crippen MR) is 129 cm³/mol. The van der Waals surface area contributed by atoms with Gasteiger partial charge in [-0.3, -0.25) is 18.6 Å². The lowest BCUT2D eigenvalue weighted by molar-refractivity contribution is -0.131. The average Bonchev–Trinajstić information content (AvgIpc) is 3.32. The first-order valence-electron chi connectivity index (χ1n) is 11.3. The number of ether oxygens (including phenoxy) is 1. The van der Waals surface area contributed by atoms with Crippen molar-refractivity contribution in [1.82, 2.24) is 24.1 Å². The second-order valence-electron chi connectivity index (χ2n) is 8.18. The van der Waals surface area contributed by atoms with E-state index in [9.17, 15) is 9.59 Å². The van der Waals surface area contributed by atoms with Crippen molar-refractivity contribution in [2.24, 2.45) is 0 Å². The monoisotopic (exact) mass is 458 g/mol. The Bertz CT molecular complexity index is 1340. The normalized spacial score (nSPS) is 13.9. The molecule has 0 N–H and O–H groups in total. The molecule has 0 spiro atoms. The van der Waals surface area contributed by atoms with Crippen molar-refractivity contribution < 1.29 is 9.53 Å². The lowest BCUT2D eigenvalue weighted by Gasteiger charge is -2.36. The summed E-state index contributed by atoms with van der Waals surface area (Å²) in [4.78, 5) is 30.0. The number of amides is 1. The van der Waals surface area contributed by atoms with Crippen molar-refractivity contribution in [3.63, 3.8) is 0 Å². The third-order valence-electron chi connectivity index (χ3n) is 6.21. The van der Waals surface area contributed by atoms with Gasteiger partial charge in [0.1, 0.15) is 11.6 Å². The van der Waals surface area contributed by atoms with Crippen LogP contribution in [0.3, 0.4) is 0 Å². The lowest BCUT2D eigenvalue weighted by Crippen LogP contribution is -2.48. The molecule has 34 heavy (non-hydrogen) atoms. The standard InChI is InChI=1S/C25H26N6O3/c1-34-21-9-7-20(8-10-21)30-17-18-31-22(26-27-24(31)25(30)33)11-12-23(32)29-15-13-28(14-16-29)19-5-3-2-4-6-19/h2-10,17-18H,11-16H2,1H3. The molecule has 9 heteroatoms. The quantitative estimate of drug-likeness (QED) is 0.440. The molecule has 0 bridgehead atoms. The van der Waals surface area contributed by atoms with Gasteiger partial charge in [0.2, 0.25) is 11.6 Å². The summed E-state index contributed by atoms with van der Waals surface area (Å²) in [5, 5.41) is 8.28. The van der Waals surface area contributed by atoms with Crippen molar-refractivity contribution >= 4 is 17.2 Å². The number of rotatable bonds is 6. The second kappa shape index (κ2) is 9.38. The zero-order valence-corrected chi connectivity index (χ0v) is 19.0. The molecule has 1 amide bonds. The summed E-state index contributed by atoms with van der Waals surface area (Å²) in [6.07, 6.45) is 4.20. The number of nitrogens with zero attached hydrogens (tertiary/aromatic N) is 6. The Balaban J connectivity index is 1.23. The smallest absolute Gasteiger partial charge is 0.300 e. The van der Waals surface area contributed by atoms with E-state index in [4.69, 9.17) is 4.74 Å². The fourth-order valence-corrected chi connectivity index (χ4v) is 4.28. The highest BCUT2D eigenvalue weighted by molar-refractivity contribution is 5.76. The maximum absolute atomic E-state index is 13.0.